The molecule has 0 saturated carbocycles. The molecular weight excluding hydrogens is 202 g/mol. The van der Waals surface area contributed by atoms with Crippen LogP contribution >= 0.6 is 0 Å². The van der Waals surface area contributed by atoms with E-state index in [9.17, 15) is 0 Å². The fourth-order valence-electron chi connectivity index (χ4n) is 2.71. The zero-order valence-corrected chi connectivity index (χ0v) is 10.2. The largest absolute Gasteiger partial charge is 0.381 e. The van der Waals surface area contributed by atoms with Crippen molar-refractivity contribution in [2.75, 3.05) is 59.0 Å². The summed E-state index contributed by atoms with van der Waals surface area (Å²) >= 11 is 0. The van der Waals surface area contributed by atoms with Crippen molar-refractivity contribution in [1.29, 1.82) is 0 Å². The predicted octanol–water partition coefficient (Wildman–Crippen LogP) is -0.0107. The molecule has 2 N–H and O–H groups in total. The summed E-state index contributed by atoms with van der Waals surface area (Å²) in [4.78, 5) is 5.10. The molecule has 2 aliphatic rings. The summed E-state index contributed by atoms with van der Waals surface area (Å²) < 4.78 is 5.44. The minimum absolute atomic E-state index is 0.779. The van der Waals surface area contributed by atoms with E-state index < -0.39 is 0 Å². The molecule has 0 aromatic carbocycles. The molecule has 2 rings (SSSR count). The number of nitrogens with two attached hydrogens (primary N) is 1. The Morgan fingerprint density at radius 3 is 2.69 bits per heavy atom. The highest BCUT2D eigenvalue weighted by Crippen LogP contribution is 2.15. The summed E-state index contributed by atoms with van der Waals surface area (Å²) in [5.74, 6) is 0.779. The van der Waals surface area contributed by atoms with Crippen LogP contribution in [0.4, 0.5) is 0 Å². The fourth-order valence-corrected chi connectivity index (χ4v) is 2.71. The third-order valence-corrected chi connectivity index (χ3v) is 3.67. The van der Waals surface area contributed by atoms with Crippen molar-refractivity contribution in [2.24, 2.45) is 11.7 Å². The molecule has 4 nitrogen and oxygen atoms in total. The van der Waals surface area contributed by atoms with Gasteiger partial charge in [0.1, 0.15) is 0 Å². The average Bonchev–Trinajstić information content (AvgIpc) is 2.68. The SMILES string of the molecule is NCCN1CCCN(CC2CCOC2)CC1. The van der Waals surface area contributed by atoms with Crippen LogP contribution in [0.2, 0.25) is 0 Å². The van der Waals surface area contributed by atoms with Crippen LogP contribution in [-0.2, 0) is 4.74 Å². The molecule has 4 heteroatoms. The zero-order valence-electron chi connectivity index (χ0n) is 10.2. The molecular formula is C12H25N3O. The van der Waals surface area contributed by atoms with Crippen molar-refractivity contribution in [3.8, 4) is 0 Å². The summed E-state index contributed by atoms with van der Waals surface area (Å²) in [5.41, 5.74) is 5.61. The summed E-state index contributed by atoms with van der Waals surface area (Å²) in [5, 5.41) is 0. The van der Waals surface area contributed by atoms with Gasteiger partial charge in [-0.05, 0) is 31.8 Å². The van der Waals surface area contributed by atoms with E-state index >= 15 is 0 Å². The van der Waals surface area contributed by atoms with Gasteiger partial charge in [-0.15, -0.1) is 0 Å². The van der Waals surface area contributed by atoms with Crippen LogP contribution in [0.3, 0.4) is 0 Å². The number of hydrogen-bond donors (Lipinski definition) is 1. The van der Waals surface area contributed by atoms with Gasteiger partial charge in [0.15, 0.2) is 0 Å². The fraction of sp³-hybridized carbons (Fsp3) is 1.00. The van der Waals surface area contributed by atoms with E-state index in [-0.39, 0.29) is 0 Å². The third kappa shape index (κ3) is 3.70. The molecule has 2 saturated heterocycles. The molecule has 16 heavy (non-hydrogen) atoms. The Labute approximate surface area is 98.7 Å². The van der Waals surface area contributed by atoms with Crippen molar-refractivity contribution in [2.45, 2.75) is 12.8 Å². The number of rotatable bonds is 4. The highest BCUT2D eigenvalue weighted by Gasteiger charge is 2.21. The molecule has 2 aliphatic heterocycles. The minimum atomic E-state index is 0.779. The summed E-state index contributed by atoms with van der Waals surface area (Å²) in [6.45, 7) is 9.88. The first-order valence-corrected chi connectivity index (χ1v) is 6.61. The predicted molar refractivity (Wildman–Crippen MR) is 65.5 cm³/mol. The van der Waals surface area contributed by atoms with Gasteiger partial charge in [-0.25, -0.2) is 0 Å². The molecule has 0 aromatic rings. The highest BCUT2D eigenvalue weighted by molar-refractivity contribution is 4.74. The van der Waals surface area contributed by atoms with Crippen LogP contribution < -0.4 is 5.73 Å². The molecule has 0 spiro atoms. The lowest BCUT2D eigenvalue weighted by molar-refractivity contribution is 0.167. The van der Waals surface area contributed by atoms with Crippen molar-refractivity contribution >= 4 is 0 Å². The van der Waals surface area contributed by atoms with Gasteiger partial charge in [-0.1, -0.05) is 0 Å². The number of nitrogens with zero attached hydrogens (tertiary/aromatic N) is 2. The van der Waals surface area contributed by atoms with Crippen molar-refractivity contribution in [1.82, 2.24) is 9.80 Å². The van der Waals surface area contributed by atoms with Crippen LogP contribution in [0.1, 0.15) is 12.8 Å². The van der Waals surface area contributed by atoms with E-state index in [0.29, 0.717) is 0 Å². The van der Waals surface area contributed by atoms with Crippen molar-refractivity contribution in [3.63, 3.8) is 0 Å². The lowest BCUT2D eigenvalue weighted by Gasteiger charge is -2.23. The molecule has 0 aromatic heterocycles. The maximum Gasteiger partial charge on any atom is 0.0507 e. The quantitative estimate of drug-likeness (QED) is 0.733. The lowest BCUT2D eigenvalue weighted by atomic mass is 10.1. The van der Waals surface area contributed by atoms with Crippen molar-refractivity contribution < 1.29 is 4.74 Å². The first-order chi connectivity index (χ1) is 7.88. The van der Waals surface area contributed by atoms with Gasteiger partial charge in [0.2, 0.25) is 0 Å². The van der Waals surface area contributed by atoms with Crippen LogP contribution in [0.25, 0.3) is 0 Å². The first-order valence-electron chi connectivity index (χ1n) is 6.61. The van der Waals surface area contributed by atoms with E-state index in [0.717, 1.165) is 32.2 Å². The Kier molecular flexibility index (Phi) is 5.03. The van der Waals surface area contributed by atoms with Gasteiger partial charge >= 0.3 is 0 Å². The van der Waals surface area contributed by atoms with E-state index in [2.05, 4.69) is 9.80 Å². The van der Waals surface area contributed by atoms with Crippen LogP contribution in [0.15, 0.2) is 0 Å². The number of ether oxygens (including phenoxy) is 1. The summed E-state index contributed by atoms with van der Waals surface area (Å²) in [7, 11) is 0. The molecule has 2 heterocycles. The molecule has 1 atom stereocenters. The van der Waals surface area contributed by atoms with E-state index in [1.807, 2.05) is 0 Å². The maximum absolute atomic E-state index is 5.61. The van der Waals surface area contributed by atoms with Gasteiger partial charge in [-0.2, -0.15) is 0 Å². The maximum atomic E-state index is 5.61. The second-order valence-electron chi connectivity index (χ2n) is 5.01. The standard InChI is InChI=1S/C12H25N3O/c13-3-6-14-4-1-5-15(8-7-14)10-12-2-9-16-11-12/h12H,1-11,13H2. The van der Waals surface area contributed by atoms with Gasteiger partial charge in [-0.3, -0.25) is 0 Å². The second kappa shape index (κ2) is 6.55. The Hall–Kier alpha value is -0.160. The van der Waals surface area contributed by atoms with Crippen LogP contribution in [0, 0.1) is 5.92 Å². The van der Waals surface area contributed by atoms with E-state index in [4.69, 9.17) is 10.5 Å². The Balaban J connectivity index is 1.70. The molecule has 0 radical (unpaired) electrons. The minimum Gasteiger partial charge on any atom is -0.381 e. The van der Waals surface area contributed by atoms with Crippen LogP contribution in [-0.4, -0.2) is 68.8 Å². The van der Waals surface area contributed by atoms with Gasteiger partial charge in [0, 0.05) is 39.3 Å². The normalized spacial score (nSPS) is 29.4. The van der Waals surface area contributed by atoms with Crippen LogP contribution in [0.5, 0.6) is 0 Å². The first kappa shape index (κ1) is 12.3. The van der Waals surface area contributed by atoms with Crippen molar-refractivity contribution in [3.05, 3.63) is 0 Å². The molecule has 0 bridgehead atoms. The van der Waals surface area contributed by atoms with Gasteiger partial charge < -0.3 is 20.3 Å². The third-order valence-electron chi connectivity index (χ3n) is 3.67. The summed E-state index contributed by atoms with van der Waals surface area (Å²) in [6, 6.07) is 0. The topological polar surface area (TPSA) is 41.7 Å². The molecule has 1 unspecified atom stereocenters. The highest BCUT2D eigenvalue weighted by atomic mass is 16.5. The van der Waals surface area contributed by atoms with Gasteiger partial charge in [0.25, 0.3) is 0 Å². The average molecular weight is 227 g/mol. The smallest absolute Gasteiger partial charge is 0.0507 e. The molecule has 94 valence electrons. The van der Waals surface area contributed by atoms with E-state index in [1.54, 1.807) is 0 Å². The molecule has 2 fully saturated rings. The van der Waals surface area contributed by atoms with Gasteiger partial charge in [0.05, 0.1) is 6.61 Å². The molecule has 0 aliphatic carbocycles. The Bertz CT molecular complexity index is 195. The van der Waals surface area contributed by atoms with E-state index in [1.165, 1.54) is 45.6 Å². The summed E-state index contributed by atoms with van der Waals surface area (Å²) in [6.07, 6.45) is 2.54. The molecule has 0 amide bonds. The zero-order chi connectivity index (χ0) is 11.2. The Morgan fingerprint density at radius 1 is 1.12 bits per heavy atom. The Morgan fingerprint density at radius 2 is 1.94 bits per heavy atom. The monoisotopic (exact) mass is 227 g/mol. The lowest BCUT2D eigenvalue weighted by Crippen LogP contribution is -2.35. The number of hydrogen-bond acceptors (Lipinski definition) is 4. The second-order valence-corrected chi connectivity index (χ2v) is 5.01.